The fraction of sp³-hybridized carbons (Fsp3) is 0.333. The van der Waals surface area contributed by atoms with Gasteiger partial charge in [0.1, 0.15) is 17.1 Å². The van der Waals surface area contributed by atoms with Gasteiger partial charge in [-0.1, -0.05) is 0 Å². The van der Waals surface area contributed by atoms with Gasteiger partial charge >= 0.3 is 5.97 Å². The first-order valence-corrected chi connectivity index (χ1v) is 13.8. The summed E-state index contributed by atoms with van der Waals surface area (Å²) in [6.45, 7) is 9.11. The highest BCUT2D eigenvalue weighted by molar-refractivity contribution is 5.96. The largest absolute Gasteiger partial charge is 0.508 e. The first-order chi connectivity index (χ1) is 20.3. The second-order valence-electron chi connectivity index (χ2n) is 10.0. The number of aromatic carboxylic acids is 1. The number of piperazine rings is 1. The Kier molecular flexibility index (Phi) is 8.84. The first-order valence-electron chi connectivity index (χ1n) is 13.8. The molecule has 0 amide bonds. The molecule has 1 fully saturated rings. The van der Waals surface area contributed by atoms with Crippen LogP contribution in [0.2, 0.25) is 0 Å². The summed E-state index contributed by atoms with van der Waals surface area (Å²) in [6.07, 6.45) is 1.59. The molecule has 0 saturated carbocycles. The van der Waals surface area contributed by atoms with Gasteiger partial charge in [-0.05, 0) is 61.9 Å². The Hall–Kier alpha value is -4.68. The smallest absolute Gasteiger partial charge is 0.337 e. The number of aromatic nitrogens is 3. The zero-order valence-corrected chi connectivity index (χ0v) is 23.9. The Balaban J connectivity index is 1.40. The van der Waals surface area contributed by atoms with Crippen molar-refractivity contribution in [3.05, 3.63) is 59.8 Å². The number of carboxylic acid groups (broad SMARTS) is 1. The number of aryl methyl sites for hydroxylation is 1. The lowest BCUT2D eigenvalue weighted by Gasteiger charge is -2.36. The summed E-state index contributed by atoms with van der Waals surface area (Å²) in [6, 6.07) is 12.5. The molecule has 1 saturated heterocycles. The molecule has 0 unspecified atom stereocenters. The minimum absolute atomic E-state index is 0.125. The number of ether oxygens (including phenoxy) is 1. The molecule has 1 aliphatic heterocycles. The van der Waals surface area contributed by atoms with Crippen LogP contribution < -0.4 is 15.5 Å². The van der Waals surface area contributed by atoms with E-state index in [2.05, 4.69) is 35.4 Å². The van der Waals surface area contributed by atoms with E-state index < -0.39 is 5.97 Å². The highest BCUT2D eigenvalue weighted by atomic mass is 16.5. The van der Waals surface area contributed by atoms with E-state index in [-0.39, 0.29) is 17.3 Å². The average molecular weight is 574 g/mol. The van der Waals surface area contributed by atoms with Gasteiger partial charge in [-0.25, -0.2) is 14.8 Å². The van der Waals surface area contributed by atoms with Gasteiger partial charge in [-0.2, -0.15) is 4.98 Å². The maximum absolute atomic E-state index is 12.2. The van der Waals surface area contributed by atoms with Crippen molar-refractivity contribution in [2.75, 3.05) is 68.5 Å². The number of nitrogens with one attached hydrogen (secondary N) is 2. The number of hydrogen-bond acceptors (Lipinski definition) is 11. The van der Waals surface area contributed by atoms with Crippen molar-refractivity contribution < 1.29 is 24.2 Å². The average Bonchev–Trinajstić information content (AvgIpc) is 3.40. The van der Waals surface area contributed by atoms with Crippen LogP contribution in [-0.2, 0) is 4.74 Å². The molecule has 0 aliphatic carbocycles. The number of phenols is 1. The van der Waals surface area contributed by atoms with Gasteiger partial charge in [0, 0.05) is 63.8 Å². The maximum Gasteiger partial charge on any atom is 0.337 e. The van der Waals surface area contributed by atoms with E-state index >= 15 is 0 Å². The highest BCUT2D eigenvalue weighted by Crippen LogP contribution is 2.36. The Morgan fingerprint density at radius 1 is 1.10 bits per heavy atom. The number of methoxy groups -OCH3 is 1. The van der Waals surface area contributed by atoms with Gasteiger partial charge in [0.15, 0.2) is 5.76 Å². The molecule has 0 radical (unpaired) electrons. The molecule has 2 aromatic heterocycles. The molecule has 42 heavy (non-hydrogen) atoms. The van der Waals surface area contributed by atoms with Crippen LogP contribution >= 0.6 is 0 Å². The lowest BCUT2D eigenvalue weighted by Crippen LogP contribution is -2.47. The van der Waals surface area contributed by atoms with Crippen LogP contribution in [-0.4, -0.2) is 89.0 Å². The van der Waals surface area contributed by atoms with Crippen molar-refractivity contribution in [2.24, 2.45) is 0 Å². The fourth-order valence-electron chi connectivity index (χ4n) is 4.98. The van der Waals surface area contributed by atoms with Gasteiger partial charge < -0.3 is 34.9 Å². The number of hydrogen-bond donors (Lipinski definition) is 4. The van der Waals surface area contributed by atoms with Crippen molar-refractivity contribution in [3.8, 4) is 28.5 Å². The number of carboxylic acids is 1. The van der Waals surface area contributed by atoms with Crippen molar-refractivity contribution in [1.82, 2.24) is 19.9 Å². The number of oxazole rings is 1. The summed E-state index contributed by atoms with van der Waals surface area (Å²) in [5.41, 5.74) is 3.98. The molecule has 1 aliphatic rings. The number of benzene rings is 2. The van der Waals surface area contributed by atoms with Crippen LogP contribution in [0.1, 0.15) is 22.8 Å². The number of carbonyl (C=O) groups is 1. The van der Waals surface area contributed by atoms with E-state index in [0.717, 1.165) is 38.3 Å². The van der Waals surface area contributed by atoms with Gasteiger partial charge in [-0.3, -0.25) is 4.90 Å². The quantitative estimate of drug-likeness (QED) is 0.201. The second kappa shape index (κ2) is 12.9. The van der Waals surface area contributed by atoms with E-state index in [1.807, 2.05) is 32.0 Å². The SMILES string of the molecule is CCNc1nc(-c2cc(C)cc(O)c2)c(-c2ccnc(Nc3ccc(N4CCN(CCOC)CC4)c(C(=O)O)c3)n2)o1. The molecule has 0 atom stereocenters. The number of phenolic OH excluding ortho intramolecular Hbond substituents is 1. The lowest BCUT2D eigenvalue weighted by molar-refractivity contribution is 0.0697. The van der Waals surface area contributed by atoms with E-state index in [1.165, 1.54) is 0 Å². The Bertz CT molecular complexity index is 1530. The first kappa shape index (κ1) is 28.8. The van der Waals surface area contributed by atoms with E-state index in [4.69, 9.17) is 9.15 Å². The van der Waals surface area contributed by atoms with E-state index in [0.29, 0.717) is 53.3 Å². The molecule has 4 aromatic rings. The molecule has 12 nitrogen and oxygen atoms in total. The number of rotatable bonds is 11. The molecule has 220 valence electrons. The van der Waals surface area contributed by atoms with Gasteiger partial charge in [-0.15, -0.1) is 0 Å². The predicted molar refractivity (Wildman–Crippen MR) is 161 cm³/mol. The zero-order chi connectivity index (χ0) is 29.6. The third-order valence-corrected chi connectivity index (χ3v) is 6.99. The molecule has 0 bridgehead atoms. The van der Waals surface area contributed by atoms with Crippen LogP contribution in [0.3, 0.4) is 0 Å². The van der Waals surface area contributed by atoms with Gasteiger partial charge in [0.2, 0.25) is 5.95 Å². The fourth-order valence-corrected chi connectivity index (χ4v) is 4.98. The van der Waals surface area contributed by atoms with Crippen LogP contribution in [0.5, 0.6) is 5.75 Å². The van der Waals surface area contributed by atoms with Crippen LogP contribution in [0.4, 0.5) is 23.3 Å². The molecule has 0 spiro atoms. The number of aromatic hydroxyl groups is 1. The molecule has 12 heteroatoms. The minimum atomic E-state index is -1.01. The minimum Gasteiger partial charge on any atom is -0.508 e. The second-order valence-corrected chi connectivity index (χ2v) is 10.0. The standard InChI is InChI=1S/C30H35N7O5/c1-4-31-30-35-26(20-15-19(2)16-22(38)17-20)27(42-30)24-7-8-32-29(34-24)33-21-5-6-25(23(18-21)28(39)40)37-11-9-36(10-12-37)13-14-41-3/h5-8,15-18,38H,4,9-14H2,1-3H3,(H,31,35)(H,39,40)(H,32,33,34). The van der Waals surface area contributed by atoms with Crippen LogP contribution in [0, 0.1) is 6.92 Å². The maximum atomic E-state index is 12.2. The summed E-state index contributed by atoms with van der Waals surface area (Å²) in [5.74, 6) is -0.205. The molecular formula is C30H35N7O5. The summed E-state index contributed by atoms with van der Waals surface area (Å²) in [4.78, 5) is 30.2. The normalized spacial score (nSPS) is 13.7. The predicted octanol–water partition coefficient (Wildman–Crippen LogP) is 4.45. The molecular weight excluding hydrogens is 538 g/mol. The van der Waals surface area contributed by atoms with Crippen LogP contribution in [0.25, 0.3) is 22.7 Å². The van der Waals surface area contributed by atoms with Gasteiger partial charge in [0.05, 0.1) is 17.9 Å². The third kappa shape index (κ3) is 6.61. The van der Waals surface area contributed by atoms with Crippen molar-refractivity contribution in [1.29, 1.82) is 0 Å². The lowest BCUT2D eigenvalue weighted by atomic mass is 10.1. The summed E-state index contributed by atoms with van der Waals surface area (Å²) < 4.78 is 11.2. The van der Waals surface area contributed by atoms with Crippen molar-refractivity contribution in [3.63, 3.8) is 0 Å². The Morgan fingerprint density at radius 2 is 1.90 bits per heavy atom. The summed E-state index contributed by atoms with van der Waals surface area (Å²) >= 11 is 0. The van der Waals surface area contributed by atoms with E-state index in [9.17, 15) is 15.0 Å². The molecule has 3 heterocycles. The van der Waals surface area contributed by atoms with Crippen LogP contribution in [0.15, 0.2) is 53.1 Å². The summed E-state index contributed by atoms with van der Waals surface area (Å²) in [7, 11) is 1.69. The highest BCUT2D eigenvalue weighted by Gasteiger charge is 2.23. The monoisotopic (exact) mass is 573 g/mol. The topological polar surface area (TPSA) is 149 Å². The zero-order valence-electron chi connectivity index (χ0n) is 23.9. The number of anilines is 4. The summed E-state index contributed by atoms with van der Waals surface area (Å²) in [5, 5.41) is 26.4. The molecule has 4 N–H and O–H groups in total. The van der Waals surface area contributed by atoms with E-state index in [1.54, 1.807) is 37.6 Å². The molecule has 5 rings (SSSR count). The molecule has 2 aromatic carbocycles. The van der Waals surface area contributed by atoms with Crippen molar-refractivity contribution in [2.45, 2.75) is 13.8 Å². The third-order valence-electron chi connectivity index (χ3n) is 6.99. The Morgan fingerprint density at radius 3 is 2.62 bits per heavy atom. The van der Waals surface area contributed by atoms with Crippen molar-refractivity contribution >= 4 is 29.3 Å². The Labute approximate surface area is 244 Å². The number of nitrogens with zero attached hydrogens (tertiary/aromatic N) is 5. The van der Waals surface area contributed by atoms with Gasteiger partial charge in [0.25, 0.3) is 6.01 Å².